The van der Waals surface area contributed by atoms with Gasteiger partial charge in [0.05, 0.1) is 17.4 Å². The number of aromatic nitrogens is 2. The van der Waals surface area contributed by atoms with Crippen LogP contribution < -0.4 is 10.2 Å². The van der Waals surface area contributed by atoms with Crippen LogP contribution in [0.15, 0.2) is 91.3 Å². The lowest BCUT2D eigenvalue weighted by Crippen LogP contribution is -2.30. The van der Waals surface area contributed by atoms with Gasteiger partial charge in [0.2, 0.25) is 0 Å². The Labute approximate surface area is 184 Å². The number of halogens is 1. The third-order valence-corrected chi connectivity index (χ3v) is 5.72. The minimum absolute atomic E-state index is 0.127. The van der Waals surface area contributed by atoms with Gasteiger partial charge in [-0.1, -0.05) is 24.3 Å². The summed E-state index contributed by atoms with van der Waals surface area (Å²) in [5, 5.41) is 14.4. The Morgan fingerprint density at radius 2 is 1.81 bits per heavy atom. The number of hydrogen-bond acceptors (Lipinski definition) is 3. The van der Waals surface area contributed by atoms with Crippen LogP contribution in [0, 0.1) is 5.82 Å². The fourth-order valence-electron chi connectivity index (χ4n) is 4.08. The number of pyridine rings is 1. The first-order valence-corrected chi connectivity index (χ1v) is 10.3. The molecule has 2 N–H and O–H groups in total. The lowest BCUT2D eigenvalue weighted by Gasteiger charge is -2.29. The number of hydrogen-bond donors (Lipinski definition) is 2. The van der Waals surface area contributed by atoms with Gasteiger partial charge in [0.1, 0.15) is 17.6 Å². The van der Waals surface area contributed by atoms with Gasteiger partial charge in [0.25, 0.3) is 0 Å². The Kier molecular flexibility index (Phi) is 4.88. The van der Waals surface area contributed by atoms with E-state index in [2.05, 4.69) is 10.3 Å². The summed E-state index contributed by atoms with van der Waals surface area (Å²) in [6.45, 7) is 0. The first kappa shape index (κ1) is 19.3. The first-order valence-electron chi connectivity index (χ1n) is 9.85. The van der Waals surface area contributed by atoms with Crippen LogP contribution in [0.1, 0.15) is 23.5 Å². The maximum absolute atomic E-state index is 14.0. The predicted molar refractivity (Wildman–Crippen MR) is 122 cm³/mol. The smallest absolute Gasteiger partial charge is 0.174 e. The zero-order valence-corrected chi connectivity index (χ0v) is 17.2. The van der Waals surface area contributed by atoms with E-state index in [0.717, 1.165) is 11.4 Å². The number of phenols is 1. The molecule has 5 rings (SSSR count). The highest BCUT2D eigenvalue weighted by Gasteiger charge is 2.42. The molecule has 7 heteroatoms. The molecule has 5 nitrogen and oxygen atoms in total. The second-order valence-corrected chi connectivity index (χ2v) is 7.65. The first-order chi connectivity index (χ1) is 15.1. The second kappa shape index (κ2) is 7.85. The van der Waals surface area contributed by atoms with E-state index in [0.29, 0.717) is 16.5 Å². The van der Waals surface area contributed by atoms with Gasteiger partial charge in [-0.2, -0.15) is 0 Å². The number of rotatable bonds is 4. The quantitative estimate of drug-likeness (QED) is 0.452. The minimum atomic E-state index is -0.325. The van der Waals surface area contributed by atoms with Crippen LogP contribution >= 0.6 is 12.2 Å². The van der Waals surface area contributed by atoms with E-state index in [1.807, 2.05) is 64.2 Å². The largest absolute Gasteiger partial charge is 0.506 e. The highest BCUT2D eigenvalue weighted by molar-refractivity contribution is 7.80. The van der Waals surface area contributed by atoms with Crippen LogP contribution in [-0.2, 0) is 0 Å². The normalized spacial score (nSPS) is 18.2. The fourth-order valence-corrected chi connectivity index (χ4v) is 4.42. The van der Waals surface area contributed by atoms with Crippen LogP contribution in [-0.4, -0.2) is 19.8 Å². The molecule has 0 amide bonds. The van der Waals surface area contributed by atoms with Gasteiger partial charge in [-0.05, 0) is 66.8 Å². The number of phenolic OH excluding ortho intramolecular Hbond substituents is 1. The average molecular weight is 431 g/mol. The summed E-state index contributed by atoms with van der Waals surface area (Å²) >= 11 is 5.70. The SMILES string of the molecule is Oc1ccccc1N1C(=S)N[C@@H](c2ccccn2)[C@@H]1c1cccn1-c1cccc(F)c1. The lowest BCUT2D eigenvalue weighted by molar-refractivity contribution is 0.472. The minimum Gasteiger partial charge on any atom is -0.506 e. The molecule has 0 aliphatic carbocycles. The van der Waals surface area contributed by atoms with Crippen LogP contribution in [0.25, 0.3) is 5.69 Å². The fraction of sp³-hybridized carbons (Fsp3) is 0.0833. The number of thiocarbonyl (C=S) groups is 1. The molecule has 0 unspecified atom stereocenters. The average Bonchev–Trinajstić information content (AvgIpc) is 3.39. The molecule has 1 aliphatic rings. The van der Waals surface area contributed by atoms with Crippen LogP contribution in [0.3, 0.4) is 0 Å². The van der Waals surface area contributed by atoms with Gasteiger partial charge in [-0.15, -0.1) is 0 Å². The Morgan fingerprint density at radius 1 is 0.968 bits per heavy atom. The summed E-state index contributed by atoms with van der Waals surface area (Å²) in [5.74, 6) is -0.182. The molecule has 1 fully saturated rings. The molecule has 0 radical (unpaired) electrons. The monoisotopic (exact) mass is 430 g/mol. The summed E-state index contributed by atoms with van der Waals surface area (Å²) in [4.78, 5) is 6.44. The van der Waals surface area contributed by atoms with Crippen molar-refractivity contribution in [2.45, 2.75) is 12.1 Å². The molecule has 3 heterocycles. The van der Waals surface area contributed by atoms with Crippen molar-refractivity contribution in [1.29, 1.82) is 0 Å². The maximum Gasteiger partial charge on any atom is 0.174 e. The molecule has 31 heavy (non-hydrogen) atoms. The number of aromatic hydroxyl groups is 1. The molecule has 0 saturated carbocycles. The maximum atomic E-state index is 14.0. The summed E-state index contributed by atoms with van der Waals surface area (Å²) in [5.41, 5.74) is 3.00. The number of benzene rings is 2. The van der Waals surface area contributed by atoms with Gasteiger partial charge in [0.15, 0.2) is 5.11 Å². The topological polar surface area (TPSA) is 53.3 Å². The van der Waals surface area contributed by atoms with E-state index in [4.69, 9.17) is 12.2 Å². The second-order valence-electron chi connectivity index (χ2n) is 7.27. The van der Waals surface area contributed by atoms with Crippen molar-refractivity contribution < 1.29 is 9.50 Å². The molecular weight excluding hydrogens is 411 g/mol. The van der Waals surface area contributed by atoms with E-state index in [-0.39, 0.29) is 23.7 Å². The predicted octanol–water partition coefficient (Wildman–Crippen LogP) is 4.89. The summed E-state index contributed by atoms with van der Waals surface area (Å²) in [7, 11) is 0. The lowest BCUT2D eigenvalue weighted by atomic mass is 10.0. The Bertz CT molecular complexity index is 1240. The highest BCUT2D eigenvalue weighted by Crippen LogP contribution is 2.44. The van der Waals surface area contributed by atoms with Crippen molar-refractivity contribution in [3.05, 3.63) is 108 Å². The van der Waals surface area contributed by atoms with Gasteiger partial charge in [0, 0.05) is 23.8 Å². The van der Waals surface area contributed by atoms with Crippen LogP contribution in [0.5, 0.6) is 5.75 Å². The van der Waals surface area contributed by atoms with Gasteiger partial charge in [-0.3, -0.25) is 4.98 Å². The molecule has 2 aromatic carbocycles. The number of nitrogens with zero attached hydrogens (tertiary/aromatic N) is 3. The van der Waals surface area contributed by atoms with Crippen molar-refractivity contribution in [2.24, 2.45) is 0 Å². The van der Waals surface area contributed by atoms with Crippen LogP contribution in [0.4, 0.5) is 10.1 Å². The van der Waals surface area contributed by atoms with Crippen molar-refractivity contribution in [3.8, 4) is 11.4 Å². The van der Waals surface area contributed by atoms with Crippen LogP contribution in [0.2, 0.25) is 0 Å². The standard InChI is InChI=1S/C24H19FN4OS/c25-16-7-5-8-17(15-16)28-14-6-11-20(28)23-22(18-9-3-4-13-26-18)27-24(31)29(23)19-10-1-2-12-21(19)30/h1-15,22-23,30H,(H,27,31)/t22-,23-/m0/s1. The Morgan fingerprint density at radius 3 is 2.58 bits per heavy atom. The van der Waals surface area contributed by atoms with E-state index < -0.39 is 0 Å². The number of anilines is 1. The zero-order chi connectivity index (χ0) is 21.4. The zero-order valence-electron chi connectivity index (χ0n) is 16.4. The third-order valence-electron chi connectivity index (χ3n) is 5.41. The molecule has 2 atom stereocenters. The van der Waals surface area contributed by atoms with Crippen molar-refractivity contribution in [2.75, 3.05) is 4.90 Å². The van der Waals surface area contributed by atoms with E-state index in [1.165, 1.54) is 12.1 Å². The molecule has 4 aromatic rings. The molecule has 0 spiro atoms. The molecule has 154 valence electrons. The van der Waals surface area contributed by atoms with Gasteiger partial charge >= 0.3 is 0 Å². The Balaban J connectivity index is 1.69. The molecule has 0 bridgehead atoms. The van der Waals surface area contributed by atoms with E-state index in [9.17, 15) is 9.50 Å². The highest BCUT2D eigenvalue weighted by atomic mass is 32.1. The molecule has 2 aromatic heterocycles. The Hall–Kier alpha value is -3.71. The number of nitrogens with one attached hydrogen (secondary N) is 1. The van der Waals surface area contributed by atoms with E-state index in [1.54, 1.807) is 24.4 Å². The third kappa shape index (κ3) is 3.43. The van der Waals surface area contributed by atoms with E-state index >= 15 is 0 Å². The molecular formula is C24H19FN4OS. The van der Waals surface area contributed by atoms with Crippen molar-refractivity contribution in [3.63, 3.8) is 0 Å². The van der Waals surface area contributed by atoms with Gasteiger partial charge < -0.3 is 19.9 Å². The van der Waals surface area contributed by atoms with Crippen molar-refractivity contribution >= 4 is 23.0 Å². The number of para-hydroxylation sites is 2. The summed E-state index contributed by atoms with van der Waals surface area (Å²) in [6.07, 6.45) is 3.63. The van der Waals surface area contributed by atoms with Gasteiger partial charge in [-0.25, -0.2) is 4.39 Å². The summed E-state index contributed by atoms with van der Waals surface area (Å²) in [6, 6.07) is 22.6. The summed E-state index contributed by atoms with van der Waals surface area (Å²) < 4.78 is 15.9. The molecule has 1 aliphatic heterocycles. The van der Waals surface area contributed by atoms with Crippen molar-refractivity contribution in [1.82, 2.24) is 14.9 Å². The molecule has 1 saturated heterocycles.